The van der Waals surface area contributed by atoms with Crippen molar-refractivity contribution in [2.75, 3.05) is 0 Å². The fraction of sp³-hybridized carbons (Fsp3) is 0.0500. The van der Waals surface area contributed by atoms with E-state index in [2.05, 4.69) is 16.0 Å². The van der Waals surface area contributed by atoms with Gasteiger partial charge in [-0.05, 0) is 28.6 Å². The summed E-state index contributed by atoms with van der Waals surface area (Å²) in [5.74, 6) is 0.149. The molecule has 5 heteroatoms. The van der Waals surface area contributed by atoms with Crippen LogP contribution in [0.25, 0.3) is 33.3 Å². The molecule has 0 saturated carbocycles. The molecular weight excluding hydrogens is 314 g/mol. The molecule has 0 unspecified atom stereocenters. The quantitative estimate of drug-likeness (QED) is 0.612. The molecule has 0 aliphatic heterocycles. The highest BCUT2D eigenvalue weighted by Gasteiger charge is 2.10. The van der Waals surface area contributed by atoms with Crippen molar-refractivity contribution in [3.63, 3.8) is 0 Å². The molecule has 1 N–H and O–H groups in total. The maximum absolute atomic E-state index is 12.0. The second-order valence-corrected chi connectivity index (χ2v) is 5.81. The third-order valence-corrected chi connectivity index (χ3v) is 4.26. The smallest absolute Gasteiger partial charge is 0.295 e. The molecule has 0 aliphatic rings. The number of benzene rings is 2. The van der Waals surface area contributed by atoms with Crippen molar-refractivity contribution >= 4 is 10.8 Å². The molecular formula is C20H15N3O2. The van der Waals surface area contributed by atoms with Gasteiger partial charge in [0.25, 0.3) is 5.56 Å². The number of pyridine rings is 1. The zero-order valence-electron chi connectivity index (χ0n) is 13.5. The van der Waals surface area contributed by atoms with Crippen molar-refractivity contribution in [3.05, 3.63) is 77.5 Å². The third-order valence-electron chi connectivity index (χ3n) is 4.26. The maximum Gasteiger partial charge on any atom is 0.295 e. The molecule has 2 heterocycles. The lowest BCUT2D eigenvalue weighted by molar-refractivity contribution is 0.457. The molecule has 0 saturated heterocycles. The molecule has 25 heavy (non-hydrogen) atoms. The van der Waals surface area contributed by atoms with Gasteiger partial charge >= 0.3 is 0 Å². The van der Waals surface area contributed by atoms with Crippen molar-refractivity contribution in [3.8, 4) is 28.3 Å². The van der Waals surface area contributed by atoms with Crippen LogP contribution in [-0.4, -0.2) is 19.6 Å². The Kier molecular flexibility index (Phi) is 3.54. The summed E-state index contributed by atoms with van der Waals surface area (Å²) in [7, 11) is 1.60. The average molecular weight is 329 g/mol. The number of hydrogen-bond donors (Lipinski definition) is 1. The minimum absolute atomic E-state index is 0.357. The Bertz CT molecular complexity index is 1140. The van der Waals surface area contributed by atoms with Gasteiger partial charge in [-0.2, -0.15) is 0 Å². The highest BCUT2D eigenvalue weighted by Crippen LogP contribution is 2.30. The molecule has 0 bridgehead atoms. The van der Waals surface area contributed by atoms with Gasteiger partial charge in [0.05, 0.1) is 6.20 Å². The molecule has 0 radical (unpaired) electrons. The van der Waals surface area contributed by atoms with E-state index in [4.69, 9.17) is 0 Å². The lowest BCUT2D eigenvalue weighted by Crippen LogP contribution is -2.18. The van der Waals surface area contributed by atoms with Crippen LogP contribution in [0.2, 0.25) is 0 Å². The molecule has 122 valence electrons. The molecule has 0 atom stereocenters. The molecule has 0 spiro atoms. The topological polar surface area (TPSA) is 68.0 Å². The third kappa shape index (κ3) is 2.55. The van der Waals surface area contributed by atoms with E-state index in [1.54, 1.807) is 13.2 Å². The number of rotatable bonds is 2. The summed E-state index contributed by atoms with van der Waals surface area (Å²) in [6.45, 7) is 0. The van der Waals surface area contributed by atoms with Crippen LogP contribution < -0.4 is 5.56 Å². The second kappa shape index (κ2) is 5.87. The van der Waals surface area contributed by atoms with Gasteiger partial charge in [0.2, 0.25) is 0 Å². The van der Waals surface area contributed by atoms with E-state index in [1.165, 1.54) is 10.8 Å². The van der Waals surface area contributed by atoms with Crippen LogP contribution in [0.5, 0.6) is 5.75 Å². The normalized spacial score (nSPS) is 10.9. The van der Waals surface area contributed by atoms with Crippen LogP contribution >= 0.6 is 0 Å². The van der Waals surface area contributed by atoms with Crippen LogP contribution in [-0.2, 0) is 7.05 Å². The summed E-state index contributed by atoms with van der Waals surface area (Å²) in [5.41, 5.74) is 2.46. The van der Waals surface area contributed by atoms with Crippen molar-refractivity contribution in [2.24, 2.45) is 7.05 Å². The van der Waals surface area contributed by atoms with Gasteiger partial charge in [-0.15, -0.1) is 0 Å². The van der Waals surface area contributed by atoms with E-state index in [0.29, 0.717) is 5.82 Å². The molecule has 0 aliphatic carbocycles. The summed E-state index contributed by atoms with van der Waals surface area (Å²) in [4.78, 5) is 20.3. The zero-order chi connectivity index (χ0) is 17.4. The Morgan fingerprint density at radius 3 is 2.68 bits per heavy atom. The van der Waals surface area contributed by atoms with Gasteiger partial charge in [0.15, 0.2) is 5.75 Å². The lowest BCUT2D eigenvalue weighted by atomic mass is 9.98. The number of aromatic nitrogens is 3. The SMILES string of the molecule is Cn1c(-c2cccc(-c3cccc4cnccc34)c2)ncc(O)c1=O. The molecule has 0 fully saturated rings. The van der Waals surface area contributed by atoms with Crippen LogP contribution in [0.1, 0.15) is 0 Å². The van der Waals surface area contributed by atoms with E-state index >= 15 is 0 Å². The van der Waals surface area contributed by atoms with Crippen LogP contribution in [0.3, 0.4) is 0 Å². The van der Waals surface area contributed by atoms with Crippen molar-refractivity contribution in [1.82, 2.24) is 14.5 Å². The predicted octanol–water partition coefficient (Wildman–Crippen LogP) is 3.37. The van der Waals surface area contributed by atoms with Gasteiger partial charge in [-0.1, -0.05) is 36.4 Å². The average Bonchev–Trinajstić information content (AvgIpc) is 2.66. The summed E-state index contributed by atoms with van der Waals surface area (Å²) in [6.07, 6.45) is 4.81. The molecule has 4 aromatic rings. The minimum Gasteiger partial charge on any atom is -0.502 e. The van der Waals surface area contributed by atoms with Crippen LogP contribution in [0, 0.1) is 0 Å². The van der Waals surface area contributed by atoms with Crippen LogP contribution in [0.4, 0.5) is 0 Å². The maximum atomic E-state index is 12.0. The lowest BCUT2D eigenvalue weighted by Gasteiger charge is -2.11. The van der Waals surface area contributed by atoms with Gasteiger partial charge < -0.3 is 5.11 Å². The summed E-state index contributed by atoms with van der Waals surface area (Å²) >= 11 is 0. The van der Waals surface area contributed by atoms with Gasteiger partial charge in [-0.25, -0.2) is 4.98 Å². The first-order chi connectivity index (χ1) is 12.1. The van der Waals surface area contributed by atoms with Crippen molar-refractivity contribution in [1.29, 1.82) is 0 Å². The fourth-order valence-electron chi connectivity index (χ4n) is 3.00. The first-order valence-electron chi connectivity index (χ1n) is 7.84. The molecule has 0 amide bonds. The monoisotopic (exact) mass is 329 g/mol. The molecule has 4 rings (SSSR count). The first-order valence-corrected chi connectivity index (χ1v) is 7.84. The van der Waals surface area contributed by atoms with Gasteiger partial charge in [0, 0.05) is 30.4 Å². The Hall–Kier alpha value is -3.47. The van der Waals surface area contributed by atoms with Crippen LogP contribution in [0.15, 0.2) is 71.9 Å². The van der Waals surface area contributed by atoms with E-state index in [1.807, 2.05) is 48.7 Å². The molecule has 2 aromatic heterocycles. The Morgan fingerprint density at radius 2 is 1.80 bits per heavy atom. The highest BCUT2D eigenvalue weighted by atomic mass is 16.3. The van der Waals surface area contributed by atoms with Crippen molar-refractivity contribution < 1.29 is 5.11 Å². The number of aromatic hydroxyl groups is 1. The Morgan fingerprint density at radius 1 is 1.00 bits per heavy atom. The number of nitrogens with zero attached hydrogens (tertiary/aromatic N) is 3. The Labute approximate surface area is 143 Å². The minimum atomic E-state index is -0.466. The van der Waals surface area contributed by atoms with E-state index in [9.17, 15) is 9.90 Å². The van der Waals surface area contributed by atoms with E-state index in [0.717, 1.165) is 27.5 Å². The first kappa shape index (κ1) is 15.1. The number of hydrogen-bond acceptors (Lipinski definition) is 4. The number of fused-ring (bicyclic) bond motifs is 1. The Balaban J connectivity index is 1.91. The van der Waals surface area contributed by atoms with E-state index in [-0.39, 0.29) is 5.75 Å². The standard InChI is InChI=1S/C20H15N3O2/c1-23-19(22-12-18(24)20(23)25)14-5-2-4-13(10-14)16-7-3-6-15-11-21-9-8-17(15)16/h2-12,24H,1H3. The predicted molar refractivity (Wildman–Crippen MR) is 97.3 cm³/mol. The fourth-order valence-corrected chi connectivity index (χ4v) is 3.00. The molecule has 5 nitrogen and oxygen atoms in total. The zero-order valence-corrected chi connectivity index (χ0v) is 13.5. The molecule has 2 aromatic carbocycles. The summed E-state index contributed by atoms with van der Waals surface area (Å²) in [5, 5.41) is 11.7. The van der Waals surface area contributed by atoms with Gasteiger partial charge in [-0.3, -0.25) is 14.3 Å². The van der Waals surface area contributed by atoms with Crippen molar-refractivity contribution in [2.45, 2.75) is 0 Å². The largest absolute Gasteiger partial charge is 0.502 e. The summed E-state index contributed by atoms with van der Waals surface area (Å²) in [6, 6.07) is 15.9. The van der Waals surface area contributed by atoms with Gasteiger partial charge in [0.1, 0.15) is 5.82 Å². The highest BCUT2D eigenvalue weighted by molar-refractivity contribution is 5.96. The van der Waals surface area contributed by atoms with E-state index < -0.39 is 5.56 Å². The second-order valence-electron chi connectivity index (χ2n) is 5.81. The summed E-state index contributed by atoms with van der Waals surface area (Å²) < 4.78 is 1.35.